The number of hydrogen-bond donors (Lipinski definition) is 0. The van der Waals surface area contributed by atoms with Gasteiger partial charge in [0.25, 0.3) is 0 Å². The highest BCUT2D eigenvalue weighted by Crippen LogP contribution is 2.34. The van der Waals surface area contributed by atoms with Crippen molar-refractivity contribution < 1.29 is 4.79 Å². The lowest BCUT2D eigenvalue weighted by atomic mass is 10.1. The molecule has 4 heteroatoms. The van der Waals surface area contributed by atoms with Crippen LogP contribution in [0.5, 0.6) is 0 Å². The molecule has 0 aliphatic heterocycles. The Hall–Kier alpha value is -1.77. The van der Waals surface area contributed by atoms with E-state index in [4.69, 9.17) is 23.2 Å². The first-order chi connectivity index (χ1) is 10.1. The van der Waals surface area contributed by atoms with Gasteiger partial charge in [0, 0.05) is 32.9 Å². The van der Waals surface area contributed by atoms with Gasteiger partial charge >= 0.3 is 0 Å². The SMILES string of the molecule is CCc1ccc2cc(-c3ccc(Cl)cc3Cl)c(C=O)n2c1. The van der Waals surface area contributed by atoms with Crippen molar-refractivity contribution in [2.45, 2.75) is 13.3 Å². The first-order valence-electron chi connectivity index (χ1n) is 6.68. The molecule has 0 atom stereocenters. The third-order valence-electron chi connectivity index (χ3n) is 3.61. The van der Waals surface area contributed by atoms with Crippen LogP contribution >= 0.6 is 23.2 Å². The third-order valence-corrected chi connectivity index (χ3v) is 4.16. The summed E-state index contributed by atoms with van der Waals surface area (Å²) in [5, 5.41) is 1.12. The molecule has 0 spiro atoms. The number of benzene rings is 1. The van der Waals surface area contributed by atoms with E-state index in [-0.39, 0.29) is 0 Å². The second kappa shape index (κ2) is 5.55. The Morgan fingerprint density at radius 3 is 2.57 bits per heavy atom. The molecule has 3 aromatic rings. The molecule has 2 heterocycles. The van der Waals surface area contributed by atoms with Crippen molar-refractivity contribution in [3.8, 4) is 11.1 Å². The number of aromatic nitrogens is 1. The van der Waals surface area contributed by atoms with Gasteiger partial charge in [0.2, 0.25) is 0 Å². The molecule has 2 nitrogen and oxygen atoms in total. The first-order valence-corrected chi connectivity index (χ1v) is 7.44. The van der Waals surface area contributed by atoms with Crippen LogP contribution in [0.25, 0.3) is 16.6 Å². The predicted octanol–water partition coefficient (Wildman–Crippen LogP) is 5.29. The summed E-state index contributed by atoms with van der Waals surface area (Å²) in [6.45, 7) is 2.09. The van der Waals surface area contributed by atoms with Crippen LogP contribution < -0.4 is 0 Å². The zero-order chi connectivity index (χ0) is 15.0. The average Bonchev–Trinajstić information content (AvgIpc) is 2.84. The van der Waals surface area contributed by atoms with Crippen LogP contribution in [-0.2, 0) is 6.42 Å². The number of nitrogens with zero attached hydrogens (tertiary/aromatic N) is 1. The van der Waals surface area contributed by atoms with Crippen molar-refractivity contribution in [3.63, 3.8) is 0 Å². The van der Waals surface area contributed by atoms with Crippen LogP contribution in [0.4, 0.5) is 0 Å². The van der Waals surface area contributed by atoms with Crippen molar-refractivity contribution in [2.75, 3.05) is 0 Å². The van der Waals surface area contributed by atoms with E-state index >= 15 is 0 Å². The molecule has 0 saturated heterocycles. The van der Waals surface area contributed by atoms with Gasteiger partial charge in [-0.15, -0.1) is 0 Å². The van der Waals surface area contributed by atoms with E-state index in [1.807, 2.05) is 28.8 Å². The summed E-state index contributed by atoms with van der Waals surface area (Å²) in [5.41, 5.74) is 4.37. The van der Waals surface area contributed by atoms with Crippen LogP contribution in [0.15, 0.2) is 42.6 Å². The molecule has 0 bridgehead atoms. The van der Waals surface area contributed by atoms with Crippen LogP contribution in [-0.4, -0.2) is 10.7 Å². The molecule has 2 aromatic heterocycles. The molecule has 3 rings (SSSR count). The molecular formula is C17H13Cl2NO. The number of pyridine rings is 1. The van der Waals surface area contributed by atoms with Crippen molar-refractivity contribution >= 4 is 35.0 Å². The number of fused-ring (bicyclic) bond motifs is 1. The Bertz CT molecular complexity index is 836. The maximum Gasteiger partial charge on any atom is 0.167 e. The fraction of sp³-hybridized carbons (Fsp3) is 0.118. The number of carbonyl (C=O) groups is 1. The fourth-order valence-electron chi connectivity index (χ4n) is 2.49. The molecule has 0 aliphatic rings. The zero-order valence-corrected chi connectivity index (χ0v) is 12.9. The number of carbonyl (C=O) groups excluding carboxylic acids is 1. The summed E-state index contributed by atoms with van der Waals surface area (Å²) < 4.78 is 1.91. The molecule has 0 amide bonds. The van der Waals surface area contributed by atoms with Crippen LogP contribution in [0.3, 0.4) is 0 Å². The summed E-state index contributed by atoms with van der Waals surface area (Å²) >= 11 is 12.2. The van der Waals surface area contributed by atoms with Gasteiger partial charge in [-0.3, -0.25) is 4.79 Å². The Balaban J connectivity index is 2.29. The van der Waals surface area contributed by atoms with Crippen molar-refractivity contribution in [1.82, 2.24) is 4.40 Å². The van der Waals surface area contributed by atoms with Gasteiger partial charge in [-0.1, -0.05) is 42.3 Å². The summed E-state index contributed by atoms with van der Waals surface area (Å²) in [7, 11) is 0. The van der Waals surface area contributed by atoms with Gasteiger partial charge < -0.3 is 4.40 Å². The molecule has 0 radical (unpaired) electrons. The number of aryl methyl sites for hydroxylation is 1. The minimum absolute atomic E-state index is 0.539. The highest BCUT2D eigenvalue weighted by Gasteiger charge is 2.14. The Kier molecular flexibility index (Phi) is 3.75. The standard InChI is InChI=1S/C17H13Cl2NO/c1-2-11-3-5-13-8-15(17(10-21)20(13)9-11)14-6-4-12(18)7-16(14)19/h3-10H,2H2,1H3. The largest absolute Gasteiger partial charge is 0.313 e. The van der Waals surface area contributed by atoms with E-state index in [0.717, 1.165) is 29.4 Å². The second-order valence-electron chi connectivity index (χ2n) is 4.87. The quantitative estimate of drug-likeness (QED) is 0.601. The minimum atomic E-state index is 0.539. The maximum atomic E-state index is 11.6. The maximum absolute atomic E-state index is 11.6. The number of hydrogen-bond acceptors (Lipinski definition) is 1. The molecule has 0 unspecified atom stereocenters. The summed E-state index contributed by atoms with van der Waals surface area (Å²) in [6, 6.07) is 11.4. The Morgan fingerprint density at radius 2 is 1.90 bits per heavy atom. The normalized spacial score (nSPS) is 11.0. The van der Waals surface area contributed by atoms with E-state index in [1.165, 1.54) is 5.56 Å². The van der Waals surface area contributed by atoms with E-state index in [2.05, 4.69) is 13.0 Å². The zero-order valence-electron chi connectivity index (χ0n) is 11.4. The molecule has 0 aliphatic carbocycles. The van der Waals surface area contributed by atoms with E-state index < -0.39 is 0 Å². The number of rotatable bonds is 3. The van der Waals surface area contributed by atoms with Crippen molar-refractivity contribution in [3.05, 3.63) is 63.9 Å². The fourth-order valence-corrected chi connectivity index (χ4v) is 3.00. The van der Waals surface area contributed by atoms with Crippen LogP contribution in [0.2, 0.25) is 10.0 Å². The monoisotopic (exact) mass is 317 g/mol. The average molecular weight is 318 g/mol. The second-order valence-corrected chi connectivity index (χ2v) is 5.71. The lowest BCUT2D eigenvalue weighted by Crippen LogP contribution is -1.94. The highest BCUT2D eigenvalue weighted by atomic mass is 35.5. The van der Waals surface area contributed by atoms with Crippen LogP contribution in [0, 0.1) is 0 Å². The van der Waals surface area contributed by atoms with Gasteiger partial charge in [0.05, 0.1) is 5.69 Å². The summed E-state index contributed by atoms with van der Waals surface area (Å²) in [4.78, 5) is 11.6. The van der Waals surface area contributed by atoms with Crippen molar-refractivity contribution in [1.29, 1.82) is 0 Å². The summed E-state index contributed by atoms with van der Waals surface area (Å²) in [5.74, 6) is 0. The molecule has 0 saturated carbocycles. The topological polar surface area (TPSA) is 21.5 Å². The molecule has 21 heavy (non-hydrogen) atoms. The summed E-state index contributed by atoms with van der Waals surface area (Å²) in [6.07, 6.45) is 3.78. The first kappa shape index (κ1) is 14.2. The van der Waals surface area contributed by atoms with Gasteiger partial charge in [-0.05, 0) is 36.2 Å². The smallest absolute Gasteiger partial charge is 0.167 e. The number of halogens is 2. The molecular weight excluding hydrogens is 305 g/mol. The molecule has 1 aromatic carbocycles. The molecule has 0 N–H and O–H groups in total. The van der Waals surface area contributed by atoms with Gasteiger partial charge in [-0.25, -0.2) is 0 Å². The lowest BCUT2D eigenvalue weighted by molar-refractivity contribution is 0.111. The molecule has 106 valence electrons. The van der Waals surface area contributed by atoms with E-state index in [0.29, 0.717) is 15.7 Å². The van der Waals surface area contributed by atoms with Gasteiger partial charge in [0.1, 0.15) is 0 Å². The van der Waals surface area contributed by atoms with E-state index in [9.17, 15) is 4.79 Å². The van der Waals surface area contributed by atoms with Crippen molar-refractivity contribution in [2.24, 2.45) is 0 Å². The lowest BCUT2D eigenvalue weighted by Gasteiger charge is -2.04. The minimum Gasteiger partial charge on any atom is -0.313 e. The van der Waals surface area contributed by atoms with Gasteiger partial charge in [-0.2, -0.15) is 0 Å². The molecule has 0 fully saturated rings. The Morgan fingerprint density at radius 1 is 1.10 bits per heavy atom. The third kappa shape index (κ3) is 2.45. The number of aldehydes is 1. The van der Waals surface area contributed by atoms with Crippen LogP contribution in [0.1, 0.15) is 23.0 Å². The van der Waals surface area contributed by atoms with Gasteiger partial charge in [0.15, 0.2) is 6.29 Å². The Labute approximate surface area is 132 Å². The predicted molar refractivity (Wildman–Crippen MR) is 87.6 cm³/mol. The highest BCUT2D eigenvalue weighted by molar-refractivity contribution is 6.36. The van der Waals surface area contributed by atoms with E-state index in [1.54, 1.807) is 12.1 Å².